The lowest BCUT2D eigenvalue weighted by molar-refractivity contribution is 0.0683. The van der Waals surface area contributed by atoms with E-state index < -0.39 is 0 Å². The van der Waals surface area contributed by atoms with Gasteiger partial charge in [-0.3, -0.25) is 14.3 Å². The molecule has 0 saturated carbocycles. The molecule has 1 N–H and O–H groups in total. The van der Waals surface area contributed by atoms with Crippen molar-refractivity contribution in [1.29, 1.82) is 0 Å². The summed E-state index contributed by atoms with van der Waals surface area (Å²) in [4.78, 5) is 27.0. The van der Waals surface area contributed by atoms with Gasteiger partial charge in [-0.15, -0.1) is 0 Å². The molecule has 0 spiro atoms. The standard InChI is InChI=1S/C22H19Cl2FN4O2/c23-16-4-3-15(18(24)11-16)7-8-26-21(30)19-12-20-22(31)28(9-10-29(20)27-19)13-14-1-5-17(25)6-2-14/h1-6,11-12H,7-10,13H2,(H,26,30). The van der Waals surface area contributed by atoms with E-state index in [2.05, 4.69) is 10.4 Å². The number of amides is 2. The molecular formula is C22H19Cl2FN4O2. The average Bonchev–Trinajstić information content (AvgIpc) is 3.18. The average molecular weight is 461 g/mol. The molecule has 1 aliphatic heterocycles. The van der Waals surface area contributed by atoms with E-state index in [-0.39, 0.29) is 23.3 Å². The second-order valence-corrected chi connectivity index (χ2v) is 8.08. The summed E-state index contributed by atoms with van der Waals surface area (Å²) < 4.78 is 14.6. The van der Waals surface area contributed by atoms with Crippen LogP contribution in [0.25, 0.3) is 0 Å². The molecule has 0 saturated heterocycles. The summed E-state index contributed by atoms with van der Waals surface area (Å²) in [5.74, 6) is -0.888. The maximum Gasteiger partial charge on any atom is 0.272 e. The van der Waals surface area contributed by atoms with Crippen LogP contribution in [-0.4, -0.2) is 39.6 Å². The van der Waals surface area contributed by atoms with Gasteiger partial charge < -0.3 is 10.2 Å². The van der Waals surface area contributed by atoms with E-state index in [0.29, 0.717) is 48.3 Å². The molecule has 1 aliphatic rings. The zero-order valence-electron chi connectivity index (χ0n) is 16.4. The third-order valence-electron chi connectivity index (χ3n) is 5.08. The van der Waals surface area contributed by atoms with E-state index in [9.17, 15) is 14.0 Å². The number of benzene rings is 2. The van der Waals surface area contributed by atoms with Gasteiger partial charge in [0.15, 0.2) is 5.69 Å². The number of nitrogens with one attached hydrogen (secondary N) is 1. The van der Waals surface area contributed by atoms with Crippen molar-refractivity contribution in [2.45, 2.75) is 19.5 Å². The number of aromatic nitrogens is 2. The van der Waals surface area contributed by atoms with Crippen LogP contribution in [0.1, 0.15) is 32.1 Å². The van der Waals surface area contributed by atoms with Gasteiger partial charge in [-0.05, 0) is 41.8 Å². The Morgan fingerprint density at radius 3 is 2.61 bits per heavy atom. The SMILES string of the molecule is O=C(NCCc1ccc(Cl)cc1Cl)c1cc2n(n1)CCN(Cc1ccc(F)cc1)C2=O. The lowest BCUT2D eigenvalue weighted by Gasteiger charge is -2.27. The van der Waals surface area contributed by atoms with Crippen molar-refractivity contribution in [3.63, 3.8) is 0 Å². The fraction of sp³-hybridized carbons (Fsp3) is 0.227. The van der Waals surface area contributed by atoms with Gasteiger partial charge in [0.2, 0.25) is 0 Å². The number of nitrogens with zero attached hydrogens (tertiary/aromatic N) is 3. The molecule has 160 valence electrons. The summed E-state index contributed by atoms with van der Waals surface area (Å²) in [5, 5.41) is 8.18. The number of rotatable bonds is 6. The normalized spacial score (nSPS) is 13.3. The van der Waals surface area contributed by atoms with Crippen molar-refractivity contribution in [2.24, 2.45) is 0 Å². The fourth-order valence-electron chi connectivity index (χ4n) is 3.44. The predicted octanol–water partition coefficient (Wildman–Crippen LogP) is 3.96. The highest BCUT2D eigenvalue weighted by molar-refractivity contribution is 6.35. The minimum atomic E-state index is -0.357. The van der Waals surface area contributed by atoms with Gasteiger partial charge in [0, 0.05) is 35.7 Å². The molecule has 2 amide bonds. The van der Waals surface area contributed by atoms with Crippen LogP contribution in [0, 0.1) is 5.82 Å². The summed E-state index contributed by atoms with van der Waals surface area (Å²) in [5.41, 5.74) is 2.26. The maximum absolute atomic E-state index is 13.1. The summed E-state index contributed by atoms with van der Waals surface area (Å²) >= 11 is 12.0. The van der Waals surface area contributed by atoms with Crippen molar-refractivity contribution in [2.75, 3.05) is 13.1 Å². The van der Waals surface area contributed by atoms with E-state index in [0.717, 1.165) is 11.1 Å². The third-order valence-corrected chi connectivity index (χ3v) is 5.67. The molecule has 0 atom stereocenters. The Bertz CT molecular complexity index is 1130. The van der Waals surface area contributed by atoms with E-state index in [1.807, 2.05) is 6.07 Å². The zero-order valence-corrected chi connectivity index (χ0v) is 18.0. The molecule has 1 aromatic heterocycles. The number of hydrogen-bond acceptors (Lipinski definition) is 3. The summed E-state index contributed by atoms with van der Waals surface area (Å²) in [6.07, 6.45) is 0.541. The van der Waals surface area contributed by atoms with E-state index in [1.54, 1.807) is 33.8 Å². The number of hydrogen-bond donors (Lipinski definition) is 1. The van der Waals surface area contributed by atoms with Gasteiger partial charge in [0.1, 0.15) is 11.5 Å². The molecule has 0 radical (unpaired) electrons. The van der Waals surface area contributed by atoms with Gasteiger partial charge in [-0.25, -0.2) is 4.39 Å². The zero-order chi connectivity index (χ0) is 22.0. The fourth-order valence-corrected chi connectivity index (χ4v) is 3.94. The smallest absolute Gasteiger partial charge is 0.272 e. The lowest BCUT2D eigenvalue weighted by Crippen LogP contribution is -2.39. The maximum atomic E-state index is 13.1. The van der Waals surface area contributed by atoms with E-state index in [4.69, 9.17) is 23.2 Å². The monoisotopic (exact) mass is 460 g/mol. The topological polar surface area (TPSA) is 67.2 Å². The number of fused-ring (bicyclic) bond motifs is 1. The first-order valence-electron chi connectivity index (χ1n) is 9.74. The Morgan fingerprint density at radius 2 is 1.87 bits per heavy atom. The highest BCUT2D eigenvalue weighted by Gasteiger charge is 2.27. The molecule has 2 aromatic carbocycles. The van der Waals surface area contributed by atoms with Crippen molar-refractivity contribution >= 4 is 35.0 Å². The third kappa shape index (κ3) is 4.89. The molecule has 2 heterocycles. The van der Waals surface area contributed by atoms with Crippen molar-refractivity contribution < 1.29 is 14.0 Å². The second-order valence-electron chi connectivity index (χ2n) is 7.23. The second kappa shape index (κ2) is 9.08. The van der Waals surface area contributed by atoms with Crippen molar-refractivity contribution in [1.82, 2.24) is 20.0 Å². The molecule has 4 rings (SSSR count). The van der Waals surface area contributed by atoms with Gasteiger partial charge in [-0.2, -0.15) is 5.10 Å². The van der Waals surface area contributed by atoms with Crippen LogP contribution in [0.15, 0.2) is 48.5 Å². The molecule has 0 unspecified atom stereocenters. The van der Waals surface area contributed by atoms with Crippen molar-refractivity contribution in [3.05, 3.63) is 86.9 Å². The van der Waals surface area contributed by atoms with Crippen LogP contribution < -0.4 is 5.32 Å². The summed E-state index contributed by atoms with van der Waals surface area (Å²) in [6, 6.07) is 12.8. The number of carbonyl (C=O) groups is 2. The van der Waals surface area contributed by atoms with Crippen LogP contribution in [-0.2, 0) is 19.5 Å². The van der Waals surface area contributed by atoms with Crippen LogP contribution in [0.2, 0.25) is 10.0 Å². The highest BCUT2D eigenvalue weighted by Crippen LogP contribution is 2.21. The van der Waals surface area contributed by atoms with Gasteiger partial charge >= 0.3 is 0 Å². The Balaban J connectivity index is 1.38. The Hall–Kier alpha value is -2.90. The molecule has 31 heavy (non-hydrogen) atoms. The number of carbonyl (C=O) groups excluding carboxylic acids is 2. The van der Waals surface area contributed by atoms with Crippen LogP contribution in [0.3, 0.4) is 0 Å². The summed E-state index contributed by atoms with van der Waals surface area (Å²) in [6.45, 7) is 1.68. The molecule has 0 fully saturated rings. The predicted molar refractivity (Wildman–Crippen MR) is 116 cm³/mol. The molecule has 6 nitrogen and oxygen atoms in total. The highest BCUT2D eigenvalue weighted by atomic mass is 35.5. The van der Waals surface area contributed by atoms with Crippen LogP contribution >= 0.6 is 23.2 Å². The Labute approximate surface area is 188 Å². The van der Waals surface area contributed by atoms with E-state index in [1.165, 1.54) is 18.2 Å². The molecule has 0 bridgehead atoms. The van der Waals surface area contributed by atoms with Crippen LogP contribution in [0.4, 0.5) is 4.39 Å². The first-order chi connectivity index (χ1) is 14.9. The van der Waals surface area contributed by atoms with E-state index >= 15 is 0 Å². The van der Waals surface area contributed by atoms with Gasteiger partial charge in [0.25, 0.3) is 11.8 Å². The minimum absolute atomic E-state index is 0.189. The quantitative estimate of drug-likeness (QED) is 0.605. The minimum Gasteiger partial charge on any atom is -0.350 e. The Kier molecular flexibility index (Phi) is 6.25. The van der Waals surface area contributed by atoms with Crippen LogP contribution in [0.5, 0.6) is 0 Å². The Morgan fingerprint density at radius 1 is 1.10 bits per heavy atom. The molecular weight excluding hydrogens is 442 g/mol. The summed E-state index contributed by atoms with van der Waals surface area (Å²) in [7, 11) is 0. The first kappa shape index (κ1) is 21.3. The number of halogens is 3. The first-order valence-corrected chi connectivity index (χ1v) is 10.5. The van der Waals surface area contributed by atoms with Crippen molar-refractivity contribution in [3.8, 4) is 0 Å². The lowest BCUT2D eigenvalue weighted by atomic mass is 10.1. The molecule has 9 heteroatoms. The molecule has 3 aromatic rings. The van der Waals surface area contributed by atoms with Gasteiger partial charge in [-0.1, -0.05) is 41.4 Å². The largest absolute Gasteiger partial charge is 0.350 e. The molecule has 0 aliphatic carbocycles. The van der Waals surface area contributed by atoms with Gasteiger partial charge in [0.05, 0.1) is 6.54 Å².